The first kappa shape index (κ1) is 11.9. The highest BCUT2D eigenvalue weighted by molar-refractivity contribution is 5.84. The molecule has 0 atom stereocenters. The molecule has 0 aliphatic heterocycles. The van der Waals surface area contributed by atoms with E-state index in [1.54, 1.807) is 0 Å². The number of benzene rings is 2. The Morgan fingerprint density at radius 2 is 1.81 bits per heavy atom. The summed E-state index contributed by atoms with van der Waals surface area (Å²) in [6, 6.07) is 18.3. The topological polar surface area (TPSA) is 56.2 Å². The smallest absolute Gasteiger partial charge is 0.168 e. The lowest BCUT2D eigenvalue weighted by Gasteiger charge is -2.06. The zero-order valence-corrected chi connectivity index (χ0v) is 11.6. The Morgan fingerprint density at radius 3 is 2.67 bits per heavy atom. The number of hydrogen-bond acceptors (Lipinski definition) is 3. The van der Waals surface area contributed by atoms with Crippen LogP contribution in [0, 0.1) is 6.92 Å². The van der Waals surface area contributed by atoms with Crippen LogP contribution in [0.15, 0.2) is 54.6 Å². The van der Waals surface area contributed by atoms with Crippen molar-refractivity contribution in [2.45, 2.75) is 6.92 Å². The van der Waals surface area contributed by atoms with E-state index < -0.39 is 0 Å². The van der Waals surface area contributed by atoms with E-state index in [1.807, 2.05) is 43.3 Å². The highest BCUT2D eigenvalue weighted by Crippen LogP contribution is 2.26. The average Bonchev–Trinajstić information content (AvgIpc) is 2.94. The maximum Gasteiger partial charge on any atom is 0.168 e. The van der Waals surface area contributed by atoms with Gasteiger partial charge < -0.3 is 5.73 Å². The number of nitrogens with two attached hydrogens (primary N) is 1. The first-order valence-corrected chi connectivity index (χ1v) is 6.83. The minimum Gasteiger partial charge on any atom is -0.398 e. The third-order valence-corrected chi connectivity index (χ3v) is 3.82. The van der Waals surface area contributed by atoms with Crippen molar-refractivity contribution in [3.63, 3.8) is 0 Å². The minimum absolute atomic E-state index is 0.768. The van der Waals surface area contributed by atoms with E-state index in [-0.39, 0.29) is 0 Å². The van der Waals surface area contributed by atoms with Gasteiger partial charge in [0, 0.05) is 11.3 Å². The first-order chi connectivity index (χ1) is 10.2. The number of rotatable bonds is 1. The number of fused-ring (bicyclic) bond motifs is 3. The molecule has 4 rings (SSSR count). The van der Waals surface area contributed by atoms with E-state index in [2.05, 4.69) is 32.8 Å². The number of anilines is 1. The molecule has 4 aromatic rings. The van der Waals surface area contributed by atoms with Gasteiger partial charge in [-0.3, -0.25) is 4.40 Å². The van der Waals surface area contributed by atoms with Crippen molar-refractivity contribution in [3.8, 4) is 11.4 Å². The van der Waals surface area contributed by atoms with Crippen molar-refractivity contribution in [2.24, 2.45) is 0 Å². The predicted octanol–water partition coefficient (Wildman–Crippen LogP) is 3.44. The molecule has 2 N–H and O–H groups in total. The van der Waals surface area contributed by atoms with Gasteiger partial charge in [-0.05, 0) is 42.1 Å². The molecule has 0 saturated heterocycles. The predicted molar refractivity (Wildman–Crippen MR) is 85.1 cm³/mol. The van der Waals surface area contributed by atoms with Gasteiger partial charge in [0.1, 0.15) is 0 Å². The van der Waals surface area contributed by atoms with Gasteiger partial charge in [0.2, 0.25) is 0 Å². The number of aryl methyl sites for hydroxylation is 1. The van der Waals surface area contributed by atoms with Crippen molar-refractivity contribution in [2.75, 3.05) is 5.73 Å². The summed E-state index contributed by atoms with van der Waals surface area (Å²) in [6.45, 7) is 2.00. The summed E-state index contributed by atoms with van der Waals surface area (Å²) in [5.74, 6) is 0.813. The molecule has 0 unspecified atom stereocenters. The van der Waals surface area contributed by atoms with E-state index in [1.165, 1.54) is 0 Å². The quantitative estimate of drug-likeness (QED) is 0.541. The Kier molecular flexibility index (Phi) is 2.44. The Balaban J connectivity index is 2.09. The second-order valence-corrected chi connectivity index (χ2v) is 5.18. The number of para-hydroxylation sites is 1. The number of hydrogen-bond donors (Lipinski definition) is 1. The van der Waals surface area contributed by atoms with Crippen LogP contribution in [0.3, 0.4) is 0 Å². The Bertz CT molecular complexity index is 969. The van der Waals surface area contributed by atoms with E-state index in [0.29, 0.717) is 0 Å². The Labute approximate surface area is 121 Å². The van der Waals surface area contributed by atoms with Crippen LogP contribution in [0.5, 0.6) is 0 Å². The van der Waals surface area contributed by atoms with Crippen LogP contribution >= 0.6 is 0 Å². The van der Waals surface area contributed by atoms with Crippen LogP contribution in [-0.2, 0) is 0 Å². The Morgan fingerprint density at radius 1 is 0.952 bits per heavy atom. The zero-order chi connectivity index (χ0) is 14.4. The summed E-state index contributed by atoms with van der Waals surface area (Å²) in [5.41, 5.74) is 10.8. The molecule has 0 aliphatic rings. The summed E-state index contributed by atoms with van der Waals surface area (Å²) < 4.78 is 2.07. The molecule has 0 bridgehead atoms. The van der Waals surface area contributed by atoms with Crippen molar-refractivity contribution in [1.82, 2.24) is 14.6 Å². The molecule has 2 aromatic heterocycles. The molecule has 0 radical (unpaired) electrons. The lowest BCUT2D eigenvalue weighted by molar-refractivity contribution is 1.12. The molecule has 0 spiro atoms. The molecular formula is C17H14N4. The van der Waals surface area contributed by atoms with E-state index in [4.69, 9.17) is 5.73 Å². The highest BCUT2D eigenvalue weighted by atomic mass is 15.2. The fourth-order valence-electron chi connectivity index (χ4n) is 2.60. The third kappa shape index (κ3) is 1.76. The molecule has 2 heterocycles. The second kappa shape index (κ2) is 4.31. The average molecular weight is 274 g/mol. The SMILES string of the molecule is Cc1ccc(-c2nnc3ccc4ccccc4n23)cc1N. The molecule has 4 nitrogen and oxygen atoms in total. The Hall–Kier alpha value is -2.88. The van der Waals surface area contributed by atoms with Gasteiger partial charge in [0.15, 0.2) is 11.5 Å². The van der Waals surface area contributed by atoms with Gasteiger partial charge in [-0.2, -0.15) is 0 Å². The van der Waals surface area contributed by atoms with Crippen LogP contribution in [-0.4, -0.2) is 14.6 Å². The van der Waals surface area contributed by atoms with Crippen molar-refractivity contribution in [1.29, 1.82) is 0 Å². The number of aromatic nitrogens is 3. The number of nitrogen functional groups attached to an aromatic ring is 1. The normalized spacial score (nSPS) is 11.3. The maximum absolute atomic E-state index is 6.03. The molecule has 4 heteroatoms. The molecular weight excluding hydrogens is 260 g/mol. The summed E-state index contributed by atoms with van der Waals surface area (Å²) in [5, 5.41) is 9.77. The summed E-state index contributed by atoms with van der Waals surface area (Å²) in [7, 11) is 0. The highest BCUT2D eigenvalue weighted by Gasteiger charge is 2.11. The minimum atomic E-state index is 0.768. The molecule has 0 aliphatic carbocycles. The van der Waals surface area contributed by atoms with E-state index in [0.717, 1.165) is 39.2 Å². The zero-order valence-electron chi connectivity index (χ0n) is 11.6. The van der Waals surface area contributed by atoms with Gasteiger partial charge in [-0.25, -0.2) is 0 Å². The van der Waals surface area contributed by atoms with Crippen LogP contribution in [0.25, 0.3) is 27.9 Å². The molecule has 102 valence electrons. The lowest BCUT2D eigenvalue weighted by Crippen LogP contribution is -1.94. The van der Waals surface area contributed by atoms with Crippen LogP contribution in [0.2, 0.25) is 0 Å². The lowest BCUT2D eigenvalue weighted by atomic mass is 10.1. The monoisotopic (exact) mass is 274 g/mol. The number of pyridine rings is 1. The molecule has 0 saturated carbocycles. The standard InChI is InChI=1S/C17H14N4/c1-11-6-7-13(10-14(11)18)17-20-19-16-9-8-12-4-2-3-5-15(12)21(16)17/h2-10H,18H2,1H3. The van der Waals surface area contributed by atoms with Crippen LogP contribution in [0.4, 0.5) is 5.69 Å². The van der Waals surface area contributed by atoms with Gasteiger partial charge >= 0.3 is 0 Å². The maximum atomic E-state index is 6.03. The summed E-state index contributed by atoms with van der Waals surface area (Å²) in [4.78, 5) is 0. The van der Waals surface area contributed by atoms with Gasteiger partial charge in [-0.1, -0.05) is 30.3 Å². The van der Waals surface area contributed by atoms with Gasteiger partial charge in [0.25, 0.3) is 0 Å². The third-order valence-electron chi connectivity index (χ3n) is 3.82. The van der Waals surface area contributed by atoms with Crippen LogP contribution < -0.4 is 5.73 Å². The molecule has 21 heavy (non-hydrogen) atoms. The van der Waals surface area contributed by atoms with E-state index in [9.17, 15) is 0 Å². The van der Waals surface area contributed by atoms with Gasteiger partial charge in [-0.15, -0.1) is 10.2 Å². The van der Waals surface area contributed by atoms with Crippen molar-refractivity contribution in [3.05, 3.63) is 60.2 Å². The largest absolute Gasteiger partial charge is 0.398 e. The molecule has 2 aromatic carbocycles. The van der Waals surface area contributed by atoms with Crippen LogP contribution in [0.1, 0.15) is 5.56 Å². The molecule has 0 fully saturated rings. The van der Waals surface area contributed by atoms with Crippen molar-refractivity contribution < 1.29 is 0 Å². The fraction of sp³-hybridized carbons (Fsp3) is 0.0588. The van der Waals surface area contributed by atoms with Gasteiger partial charge in [0.05, 0.1) is 5.52 Å². The van der Waals surface area contributed by atoms with E-state index >= 15 is 0 Å². The summed E-state index contributed by atoms with van der Waals surface area (Å²) >= 11 is 0. The first-order valence-electron chi connectivity index (χ1n) is 6.83. The second-order valence-electron chi connectivity index (χ2n) is 5.18. The molecule has 0 amide bonds. The van der Waals surface area contributed by atoms with Crippen molar-refractivity contribution >= 4 is 22.2 Å². The fourth-order valence-corrected chi connectivity index (χ4v) is 2.60. The summed E-state index contributed by atoms with van der Waals surface area (Å²) in [6.07, 6.45) is 0. The number of nitrogens with zero attached hydrogens (tertiary/aromatic N) is 3.